The molecule has 3 heterocycles. The quantitative estimate of drug-likeness (QED) is 0.420. The highest BCUT2D eigenvalue weighted by atomic mass is 32.2. The van der Waals surface area contributed by atoms with E-state index in [0.29, 0.717) is 41.0 Å². The number of nitrogens with zero attached hydrogens (tertiary/aromatic N) is 5. The summed E-state index contributed by atoms with van der Waals surface area (Å²) in [4.78, 5) is 12.9. The Hall–Kier alpha value is -3.66. The summed E-state index contributed by atoms with van der Waals surface area (Å²) in [5.74, 6) is 1.17. The molecular formula is C22H20N6O2S. The van der Waals surface area contributed by atoms with Crippen LogP contribution < -0.4 is 10.5 Å². The Kier molecular flexibility index (Phi) is 7.39. The third-order valence-corrected chi connectivity index (χ3v) is 5.32. The van der Waals surface area contributed by atoms with Crippen molar-refractivity contribution in [2.24, 2.45) is 0 Å². The van der Waals surface area contributed by atoms with Gasteiger partial charge in [-0.15, -0.1) is 11.8 Å². The average Bonchev–Trinajstić information content (AvgIpc) is 2.78. The number of rotatable bonds is 8. The van der Waals surface area contributed by atoms with Gasteiger partial charge in [-0.05, 0) is 30.2 Å². The zero-order valence-corrected chi connectivity index (χ0v) is 17.9. The van der Waals surface area contributed by atoms with Crippen LogP contribution >= 0.6 is 11.8 Å². The number of thioether (sulfide) groups is 1. The van der Waals surface area contributed by atoms with E-state index >= 15 is 0 Å². The van der Waals surface area contributed by atoms with Crippen molar-refractivity contribution in [3.05, 3.63) is 59.0 Å². The van der Waals surface area contributed by atoms with Gasteiger partial charge in [0.1, 0.15) is 40.9 Å². The first-order chi connectivity index (χ1) is 15.1. The minimum atomic E-state index is 0.0589. The number of hydrogen-bond acceptors (Lipinski definition) is 9. The zero-order chi connectivity index (χ0) is 22.2. The molecule has 3 aromatic heterocycles. The Morgan fingerprint density at radius 1 is 1.10 bits per heavy atom. The largest absolute Gasteiger partial charge is 0.490 e. The Balaban J connectivity index is 1.97. The molecule has 0 saturated heterocycles. The van der Waals surface area contributed by atoms with Crippen LogP contribution in [-0.4, -0.2) is 35.3 Å². The third-order valence-electron chi connectivity index (χ3n) is 4.27. The van der Waals surface area contributed by atoms with Gasteiger partial charge in [0.2, 0.25) is 0 Å². The second-order valence-corrected chi connectivity index (χ2v) is 7.49. The van der Waals surface area contributed by atoms with Crippen molar-refractivity contribution >= 4 is 17.6 Å². The Labute approximate surface area is 184 Å². The molecule has 0 saturated carbocycles. The summed E-state index contributed by atoms with van der Waals surface area (Å²) in [6.45, 7) is 2.81. The van der Waals surface area contributed by atoms with Gasteiger partial charge in [-0.25, -0.2) is 4.98 Å². The van der Waals surface area contributed by atoms with Crippen molar-refractivity contribution in [3.8, 4) is 29.1 Å². The third kappa shape index (κ3) is 5.28. The van der Waals surface area contributed by atoms with Crippen LogP contribution in [0.5, 0.6) is 5.75 Å². The van der Waals surface area contributed by atoms with Crippen molar-refractivity contribution in [2.45, 2.75) is 17.7 Å². The SMILES string of the molecule is COCCOc1ccc(-c2c(C#N)c(N)nc(SCc3cncc(C)c3)c2C#N)nc1. The van der Waals surface area contributed by atoms with Crippen LogP contribution in [-0.2, 0) is 10.5 Å². The van der Waals surface area contributed by atoms with E-state index in [9.17, 15) is 10.5 Å². The zero-order valence-electron chi connectivity index (χ0n) is 17.1. The van der Waals surface area contributed by atoms with Crippen molar-refractivity contribution in [1.29, 1.82) is 10.5 Å². The fourth-order valence-corrected chi connectivity index (χ4v) is 3.78. The van der Waals surface area contributed by atoms with Crippen LogP contribution in [0.1, 0.15) is 22.3 Å². The van der Waals surface area contributed by atoms with Crippen molar-refractivity contribution in [1.82, 2.24) is 15.0 Å². The number of nitrogen functional groups attached to an aromatic ring is 1. The monoisotopic (exact) mass is 432 g/mol. The van der Waals surface area contributed by atoms with Gasteiger partial charge in [0.05, 0.1) is 24.1 Å². The summed E-state index contributed by atoms with van der Waals surface area (Å²) in [6.07, 6.45) is 5.08. The van der Waals surface area contributed by atoms with Gasteiger partial charge in [0.15, 0.2) is 0 Å². The number of methoxy groups -OCH3 is 1. The van der Waals surface area contributed by atoms with E-state index in [2.05, 4.69) is 27.1 Å². The van der Waals surface area contributed by atoms with Gasteiger partial charge >= 0.3 is 0 Å². The van der Waals surface area contributed by atoms with E-state index in [4.69, 9.17) is 15.2 Å². The molecule has 0 aliphatic rings. The molecular weight excluding hydrogens is 412 g/mol. The highest BCUT2D eigenvalue weighted by molar-refractivity contribution is 7.98. The van der Waals surface area contributed by atoms with Gasteiger partial charge < -0.3 is 15.2 Å². The summed E-state index contributed by atoms with van der Waals surface area (Å²) >= 11 is 1.36. The number of anilines is 1. The second kappa shape index (κ2) is 10.4. The van der Waals surface area contributed by atoms with Crippen LogP contribution in [0.25, 0.3) is 11.3 Å². The van der Waals surface area contributed by atoms with Gasteiger partial charge in [0.25, 0.3) is 0 Å². The Bertz CT molecular complexity index is 1150. The highest BCUT2D eigenvalue weighted by Crippen LogP contribution is 2.36. The topological polar surface area (TPSA) is 131 Å². The standard InChI is InChI=1S/C22H20N6O2S/c1-14-7-15(11-26-10-14)13-31-22-18(9-24)20(17(8-23)21(25)28-22)19-4-3-16(12-27-19)30-6-5-29-2/h3-4,7,10-12H,5-6,13H2,1-2H3,(H2,25,28). The number of ether oxygens (including phenoxy) is 2. The maximum atomic E-state index is 9.88. The lowest BCUT2D eigenvalue weighted by Crippen LogP contribution is -2.05. The molecule has 0 aliphatic heterocycles. The molecule has 0 aliphatic carbocycles. The van der Waals surface area contributed by atoms with E-state index in [1.54, 1.807) is 31.6 Å². The van der Waals surface area contributed by atoms with Gasteiger partial charge in [-0.3, -0.25) is 9.97 Å². The summed E-state index contributed by atoms with van der Waals surface area (Å²) < 4.78 is 10.5. The molecule has 3 rings (SSSR count). The van der Waals surface area contributed by atoms with Crippen LogP contribution in [0, 0.1) is 29.6 Å². The van der Waals surface area contributed by atoms with Crippen LogP contribution in [0.3, 0.4) is 0 Å². The molecule has 0 atom stereocenters. The predicted octanol–water partition coefficient (Wildman–Crippen LogP) is 3.49. The smallest absolute Gasteiger partial charge is 0.143 e. The lowest BCUT2D eigenvalue weighted by atomic mass is 10.0. The molecule has 8 nitrogen and oxygen atoms in total. The maximum Gasteiger partial charge on any atom is 0.143 e. The predicted molar refractivity (Wildman–Crippen MR) is 117 cm³/mol. The van der Waals surface area contributed by atoms with Crippen LogP contribution in [0.4, 0.5) is 5.82 Å². The first-order valence-electron chi connectivity index (χ1n) is 9.32. The first-order valence-corrected chi connectivity index (χ1v) is 10.3. The normalized spacial score (nSPS) is 10.3. The molecule has 0 fully saturated rings. The Morgan fingerprint density at radius 2 is 1.90 bits per heavy atom. The molecule has 0 amide bonds. The lowest BCUT2D eigenvalue weighted by Gasteiger charge is -2.13. The van der Waals surface area contributed by atoms with E-state index in [-0.39, 0.29) is 16.9 Å². The van der Waals surface area contributed by atoms with Crippen molar-refractivity contribution in [2.75, 3.05) is 26.1 Å². The second-order valence-electron chi connectivity index (χ2n) is 6.53. The number of pyridine rings is 3. The summed E-state index contributed by atoms with van der Waals surface area (Å²) in [6, 6.07) is 9.67. The average molecular weight is 433 g/mol. The fourth-order valence-electron chi connectivity index (χ4n) is 2.86. The molecule has 3 aromatic rings. The number of aryl methyl sites for hydroxylation is 1. The molecule has 0 radical (unpaired) electrons. The van der Waals surface area contributed by atoms with Gasteiger partial charge in [-0.2, -0.15) is 10.5 Å². The molecule has 31 heavy (non-hydrogen) atoms. The first kappa shape index (κ1) is 22.0. The molecule has 2 N–H and O–H groups in total. The van der Waals surface area contributed by atoms with E-state index in [1.807, 2.05) is 13.0 Å². The molecule has 0 bridgehead atoms. The molecule has 0 aromatic carbocycles. The van der Waals surface area contributed by atoms with Gasteiger partial charge in [-0.1, -0.05) is 6.07 Å². The molecule has 156 valence electrons. The number of aromatic nitrogens is 3. The van der Waals surface area contributed by atoms with E-state index in [1.165, 1.54) is 18.0 Å². The minimum Gasteiger partial charge on any atom is -0.490 e. The van der Waals surface area contributed by atoms with Crippen molar-refractivity contribution < 1.29 is 9.47 Å². The van der Waals surface area contributed by atoms with E-state index in [0.717, 1.165) is 11.1 Å². The van der Waals surface area contributed by atoms with E-state index < -0.39 is 0 Å². The maximum absolute atomic E-state index is 9.88. The Morgan fingerprint density at radius 3 is 2.55 bits per heavy atom. The summed E-state index contributed by atoms with van der Waals surface area (Å²) in [5, 5.41) is 20.0. The van der Waals surface area contributed by atoms with Crippen molar-refractivity contribution in [3.63, 3.8) is 0 Å². The molecule has 9 heteroatoms. The summed E-state index contributed by atoms with van der Waals surface area (Å²) in [5.41, 5.74) is 9.30. The molecule has 0 spiro atoms. The number of nitriles is 2. The fraction of sp³-hybridized carbons (Fsp3) is 0.227. The molecule has 0 unspecified atom stereocenters. The van der Waals surface area contributed by atoms with Crippen LogP contribution in [0.15, 0.2) is 41.8 Å². The number of nitrogens with two attached hydrogens (primary N) is 1. The van der Waals surface area contributed by atoms with Crippen LogP contribution in [0.2, 0.25) is 0 Å². The lowest BCUT2D eigenvalue weighted by molar-refractivity contribution is 0.146. The highest BCUT2D eigenvalue weighted by Gasteiger charge is 2.21. The summed E-state index contributed by atoms with van der Waals surface area (Å²) in [7, 11) is 1.59. The minimum absolute atomic E-state index is 0.0589. The number of hydrogen-bond donors (Lipinski definition) is 1. The van der Waals surface area contributed by atoms with Gasteiger partial charge in [0, 0.05) is 30.8 Å².